The Labute approximate surface area is 219 Å². The lowest BCUT2D eigenvalue weighted by molar-refractivity contribution is -0.0253. The Morgan fingerprint density at radius 3 is 2.39 bits per heavy atom. The fraction of sp³-hybridized carbons (Fsp3) is 0.385. The van der Waals surface area contributed by atoms with Crippen LogP contribution >= 0.6 is 0 Å². The molecule has 0 aromatic heterocycles. The third-order valence-corrected chi connectivity index (χ3v) is 6.92. The van der Waals surface area contributed by atoms with Gasteiger partial charge in [0.2, 0.25) is 0 Å². The van der Waals surface area contributed by atoms with E-state index in [0.29, 0.717) is 22.9 Å². The van der Waals surface area contributed by atoms with E-state index < -0.39 is 30.0 Å². The zero-order chi connectivity index (χ0) is 26.9. The molecule has 38 heavy (non-hydrogen) atoms. The van der Waals surface area contributed by atoms with E-state index in [-0.39, 0.29) is 37.8 Å². The number of ether oxygens (including phenoxy) is 3. The second-order valence-electron chi connectivity index (χ2n) is 9.14. The van der Waals surface area contributed by atoms with Crippen LogP contribution in [-0.4, -0.2) is 84.5 Å². The maximum atomic E-state index is 13.4. The molecule has 5 N–H and O–H groups in total. The predicted molar refractivity (Wildman–Crippen MR) is 139 cm³/mol. The zero-order valence-electron chi connectivity index (χ0n) is 21.0. The summed E-state index contributed by atoms with van der Waals surface area (Å²) in [6.45, 7) is -0.147. The summed E-state index contributed by atoms with van der Waals surface area (Å²) in [5.74, 6) is 1.84. The smallest absolute Gasteiger partial charge is 0.324 e. The molecule has 0 bridgehead atoms. The summed E-state index contributed by atoms with van der Waals surface area (Å²) in [5, 5.41) is 35.0. The Kier molecular flexibility index (Phi) is 7.02. The third kappa shape index (κ3) is 4.46. The van der Waals surface area contributed by atoms with Crippen LogP contribution in [0.25, 0.3) is 0 Å². The van der Waals surface area contributed by atoms with Crippen LogP contribution < -0.4 is 20.1 Å². The third-order valence-electron chi connectivity index (χ3n) is 6.92. The molecular weight excluding hydrogens is 492 g/mol. The first-order valence-electron chi connectivity index (χ1n) is 12.2. The predicted octanol–water partition coefficient (Wildman–Crippen LogP) is 0.970. The molecule has 0 saturated carbocycles. The summed E-state index contributed by atoms with van der Waals surface area (Å²) in [7, 11) is 3.15. The molecule has 3 aliphatic heterocycles. The van der Waals surface area contributed by atoms with Gasteiger partial charge in [0.05, 0.1) is 33.5 Å². The average Bonchev–Trinajstić information content (AvgIpc) is 3.39. The van der Waals surface area contributed by atoms with Crippen molar-refractivity contribution in [1.29, 1.82) is 5.41 Å². The van der Waals surface area contributed by atoms with Crippen molar-refractivity contribution in [3.63, 3.8) is 0 Å². The van der Waals surface area contributed by atoms with E-state index in [2.05, 4.69) is 20.6 Å². The first kappa shape index (κ1) is 25.6. The van der Waals surface area contributed by atoms with Crippen LogP contribution in [0.5, 0.6) is 11.5 Å². The lowest BCUT2D eigenvalue weighted by Gasteiger charge is -2.31. The van der Waals surface area contributed by atoms with Crippen molar-refractivity contribution in [2.24, 2.45) is 9.98 Å². The fourth-order valence-corrected chi connectivity index (χ4v) is 4.89. The number of hydrogen-bond acceptors (Lipinski definition) is 10. The van der Waals surface area contributed by atoms with Crippen LogP contribution in [0, 0.1) is 5.41 Å². The molecule has 3 aliphatic rings. The Morgan fingerprint density at radius 1 is 1.13 bits per heavy atom. The lowest BCUT2D eigenvalue weighted by atomic mass is 9.83. The summed E-state index contributed by atoms with van der Waals surface area (Å²) in [6, 6.07) is 14.0. The highest BCUT2D eigenvalue weighted by Crippen LogP contribution is 2.35. The molecule has 0 radical (unpaired) electrons. The molecule has 2 saturated heterocycles. The standard InChI is InChI=1S/C26H30N6O6/c1-36-17-7-3-15(4-8-17)12-32-24-26(31-25(32)35,16-5-9-18(37-2)10-6-16)22(27)23(28-14-29-24)30-21-11-19(34)20(13-33)38-21/h3-10,19-21,27,33-34H,11-14H2,1-2H3,(H,28,30)(H,31,35). The number of amides is 2. The van der Waals surface area contributed by atoms with E-state index >= 15 is 0 Å². The van der Waals surface area contributed by atoms with Crippen molar-refractivity contribution < 1.29 is 29.2 Å². The highest BCUT2D eigenvalue weighted by Gasteiger charge is 2.55. The van der Waals surface area contributed by atoms with Crippen molar-refractivity contribution >= 4 is 23.4 Å². The van der Waals surface area contributed by atoms with Crippen molar-refractivity contribution in [3.05, 3.63) is 59.7 Å². The highest BCUT2D eigenvalue weighted by molar-refractivity contribution is 6.49. The molecule has 2 fully saturated rings. The molecule has 4 atom stereocenters. The van der Waals surface area contributed by atoms with Gasteiger partial charge in [-0.3, -0.25) is 10.3 Å². The number of carbonyl (C=O) groups excluding carboxylic acids is 1. The van der Waals surface area contributed by atoms with Crippen molar-refractivity contribution in [2.45, 2.75) is 36.9 Å². The number of amidine groups is 2. The Morgan fingerprint density at radius 2 is 1.79 bits per heavy atom. The minimum Gasteiger partial charge on any atom is -0.497 e. The molecule has 4 unspecified atom stereocenters. The highest BCUT2D eigenvalue weighted by atomic mass is 16.5. The first-order chi connectivity index (χ1) is 18.4. The number of nitrogens with zero attached hydrogens (tertiary/aromatic N) is 3. The van der Waals surface area contributed by atoms with E-state index in [1.165, 1.54) is 4.90 Å². The summed E-state index contributed by atoms with van der Waals surface area (Å²) in [4.78, 5) is 24.1. The van der Waals surface area contributed by atoms with E-state index in [1.54, 1.807) is 38.5 Å². The van der Waals surface area contributed by atoms with Crippen LogP contribution in [0.15, 0.2) is 58.5 Å². The Hall–Kier alpha value is -4.00. The van der Waals surface area contributed by atoms with Gasteiger partial charge in [-0.15, -0.1) is 0 Å². The molecule has 2 aromatic rings. The molecule has 5 rings (SSSR count). The van der Waals surface area contributed by atoms with Crippen LogP contribution in [0.4, 0.5) is 4.79 Å². The van der Waals surface area contributed by atoms with Gasteiger partial charge in [0.25, 0.3) is 0 Å². The van der Waals surface area contributed by atoms with Crippen LogP contribution in [0.1, 0.15) is 17.5 Å². The van der Waals surface area contributed by atoms with Crippen LogP contribution in [0.3, 0.4) is 0 Å². The maximum Gasteiger partial charge on any atom is 0.324 e. The number of methoxy groups -OCH3 is 2. The van der Waals surface area contributed by atoms with Gasteiger partial charge in [-0.05, 0) is 35.4 Å². The Bertz CT molecular complexity index is 1260. The van der Waals surface area contributed by atoms with Gasteiger partial charge in [0.15, 0.2) is 5.54 Å². The summed E-state index contributed by atoms with van der Waals surface area (Å²) in [6.07, 6.45) is -2.06. The molecule has 2 aromatic carbocycles. The van der Waals surface area contributed by atoms with Gasteiger partial charge >= 0.3 is 6.03 Å². The van der Waals surface area contributed by atoms with E-state index in [1.807, 2.05) is 24.3 Å². The molecule has 0 aliphatic carbocycles. The second-order valence-corrected chi connectivity index (χ2v) is 9.14. The summed E-state index contributed by atoms with van der Waals surface area (Å²) in [5.41, 5.74) is -0.0153. The van der Waals surface area contributed by atoms with Gasteiger partial charge in [0, 0.05) is 6.42 Å². The number of aliphatic imine (C=N–C) groups is 2. The number of carbonyl (C=O) groups is 1. The monoisotopic (exact) mass is 522 g/mol. The molecule has 2 amide bonds. The second kappa shape index (κ2) is 10.4. The SMILES string of the molecule is COc1ccc(CN2C(=O)NC3(c4ccc(OC)cc4)C(=N)C(NC4CC(O)C(CO)O4)=NCN=C23)cc1. The first-order valence-corrected chi connectivity index (χ1v) is 12.2. The van der Waals surface area contributed by atoms with Gasteiger partial charge in [-0.25, -0.2) is 14.8 Å². The van der Waals surface area contributed by atoms with Gasteiger partial charge in [-0.2, -0.15) is 0 Å². The van der Waals surface area contributed by atoms with Crippen molar-refractivity contribution in [3.8, 4) is 11.5 Å². The van der Waals surface area contributed by atoms with E-state index in [4.69, 9.17) is 14.2 Å². The number of fused-ring (bicyclic) bond motifs is 1. The maximum absolute atomic E-state index is 13.4. The van der Waals surface area contributed by atoms with Gasteiger partial charge < -0.3 is 35.1 Å². The Balaban J connectivity index is 1.50. The number of aliphatic hydroxyl groups is 2. The van der Waals surface area contributed by atoms with E-state index in [9.17, 15) is 20.4 Å². The molecule has 200 valence electrons. The minimum atomic E-state index is -1.44. The number of urea groups is 1. The van der Waals surface area contributed by atoms with Crippen molar-refractivity contribution in [1.82, 2.24) is 15.5 Å². The van der Waals surface area contributed by atoms with Crippen molar-refractivity contribution in [2.75, 3.05) is 27.5 Å². The quantitative estimate of drug-likeness (QED) is 0.362. The van der Waals surface area contributed by atoms with Crippen LogP contribution in [0.2, 0.25) is 0 Å². The van der Waals surface area contributed by atoms with E-state index in [0.717, 1.165) is 5.56 Å². The number of rotatable bonds is 7. The normalized spacial score (nSPS) is 26.7. The number of benzene rings is 2. The number of aliphatic hydroxyl groups excluding tert-OH is 2. The molecule has 3 heterocycles. The largest absolute Gasteiger partial charge is 0.497 e. The topological polar surface area (TPSA) is 161 Å². The van der Waals surface area contributed by atoms with Gasteiger partial charge in [-0.1, -0.05) is 24.3 Å². The summed E-state index contributed by atoms with van der Waals surface area (Å²) < 4.78 is 16.2. The average molecular weight is 523 g/mol. The molecule has 12 nitrogen and oxygen atoms in total. The zero-order valence-corrected chi connectivity index (χ0v) is 21.0. The van der Waals surface area contributed by atoms with Gasteiger partial charge in [0.1, 0.15) is 47.9 Å². The van der Waals surface area contributed by atoms with Crippen LogP contribution in [-0.2, 0) is 16.8 Å². The minimum absolute atomic E-state index is 0.0324. The number of hydrogen-bond donors (Lipinski definition) is 5. The molecular formula is C26H30N6O6. The molecule has 12 heteroatoms. The fourth-order valence-electron chi connectivity index (χ4n) is 4.89. The number of nitrogens with one attached hydrogen (secondary N) is 3. The summed E-state index contributed by atoms with van der Waals surface area (Å²) >= 11 is 0. The molecule has 0 spiro atoms. The lowest BCUT2D eigenvalue weighted by Crippen LogP contribution is -2.56.